The SMILES string of the molecule is Cc1nc(-c2nnc(CCCNC(C)C)s2)cs1. The van der Waals surface area contributed by atoms with Crippen LogP contribution < -0.4 is 5.32 Å². The zero-order valence-electron chi connectivity index (χ0n) is 10.9. The van der Waals surface area contributed by atoms with E-state index in [1.165, 1.54) is 0 Å². The van der Waals surface area contributed by atoms with Crippen molar-refractivity contribution < 1.29 is 0 Å². The first kappa shape index (κ1) is 13.6. The fourth-order valence-electron chi connectivity index (χ4n) is 1.55. The van der Waals surface area contributed by atoms with Crippen LogP contribution in [0.1, 0.15) is 30.3 Å². The van der Waals surface area contributed by atoms with E-state index in [0.717, 1.165) is 40.1 Å². The summed E-state index contributed by atoms with van der Waals surface area (Å²) in [6.07, 6.45) is 2.09. The van der Waals surface area contributed by atoms with Crippen molar-refractivity contribution in [2.75, 3.05) is 6.54 Å². The third-order valence-electron chi connectivity index (χ3n) is 2.42. The second-order valence-corrected chi connectivity index (χ2v) is 6.59. The predicted octanol–water partition coefficient (Wildman–Crippen LogP) is 2.90. The van der Waals surface area contributed by atoms with Crippen LogP contribution in [0.4, 0.5) is 0 Å². The molecule has 0 unspecified atom stereocenters. The fourth-order valence-corrected chi connectivity index (χ4v) is 3.06. The van der Waals surface area contributed by atoms with Crippen LogP contribution >= 0.6 is 22.7 Å². The lowest BCUT2D eigenvalue weighted by Crippen LogP contribution is -2.23. The lowest BCUT2D eigenvalue weighted by Gasteiger charge is -2.05. The predicted molar refractivity (Wildman–Crippen MR) is 77.2 cm³/mol. The molecule has 0 saturated carbocycles. The molecule has 2 aromatic heterocycles. The molecular formula is C12H18N4S2. The molecule has 2 aromatic rings. The van der Waals surface area contributed by atoms with Gasteiger partial charge in [0.2, 0.25) is 0 Å². The number of nitrogens with one attached hydrogen (secondary N) is 1. The third kappa shape index (κ3) is 3.83. The van der Waals surface area contributed by atoms with Crippen LogP contribution in [0.15, 0.2) is 5.38 Å². The molecule has 0 aliphatic carbocycles. The summed E-state index contributed by atoms with van der Waals surface area (Å²) in [5.41, 5.74) is 0.960. The minimum Gasteiger partial charge on any atom is -0.315 e. The molecule has 6 heteroatoms. The van der Waals surface area contributed by atoms with Crippen molar-refractivity contribution in [3.8, 4) is 10.7 Å². The Bertz CT molecular complexity index is 490. The van der Waals surface area contributed by atoms with Gasteiger partial charge >= 0.3 is 0 Å². The summed E-state index contributed by atoms with van der Waals surface area (Å²) in [6.45, 7) is 7.36. The summed E-state index contributed by atoms with van der Waals surface area (Å²) in [7, 11) is 0. The molecule has 0 atom stereocenters. The number of hydrogen-bond acceptors (Lipinski definition) is 6. The van der Waals surface area contributed by atoms with Gasteiger partial charge in [-0.1, -0.05) is 25.2 Å². The number of rotatable bonds is 6. The van der Waals surface area contributed by atoms with E-state index in [4.69, 9.17) is 0 Å². The highest BCUT2D eigenvalue weighted by molar-refractivity contribution is 7.15. The van der Waals surface area contributed by atoms with E-state index >= 15 is 0 Å². The normalized spacial score (nSPS) is 11.3. The van der Waals surface area contributed by atoms with E-state index in [9.17, 15) is 0 Å². The van der Waals surface area contributed by atoms with Gasteiger partial charge < -0.3 is 5.32 Å². The van der Waals surface area contributed by atoms with Crippen molar-refractivity contribution >= 4 is 22.7 Å². The Balaban J connectivity index is 1.86. The molecular weight excluding hydrogens is 264 g/mol. The van der Waals surface area contributed by atoms with Crippen molar-refractivity contribution in [1.29, 1.82) is 0 Å². The van der Waals surface area contributed by atoms with Gasteiger partial charge in [-0.05, 0) is 19.9 Å². The molecule has 0 aliphatic rings. The molecule has 0 aliphatic heterocycles. The molecule has 0 saturated heterocycles. The summed E-state index contributed by atoms with van der Waals surface area (Å²) in [5.74, 6) is 0. The topological polar surface area (TPSA) is 50.7 Å². The van der Waals surface area contributed by atoms with Crippen LogP contribution in [0.2, 0.25) is 0 Å². The smallest absolute Gasteiger partial charge is 0.167 e. The van der Waals surface area contributed by atoms with Crippen molar-refractivity contribution in [1.82, 2.24) is 20.5 Å². The van der Waals surface area contributed by atoms with Gasteiger partial charge in [-0.15, -0.1) is 21.5 Å². The van der Waals surface area contributed by atoms with E-state index in [2.05, 4.69) is 34.3 Å². The molecule has 0 bridgehead atoms. The zero-order valence-corrected chi connectivity index (χ0v) is 12.6. The standard InChI is InChI=1S/C12H18N4S2/c1-8(2)13-6-4-5-11-15-16-12(18-11)10-7-17-9(3)14-10/h7-8,13H,4-6H2,1-3H3. The van der Waals surface area contributed by atoms with Crippen LogP contribution in [0.5, 0.6) is 0 Å². The van der Waals surface area contributed by atoms with E-state index in [1.54, 1.807) is 22.7 Å². The molecule has 0 spiro atoms. The van der Waals surface area contributed by atoms with E-state index in [1.807, 2.05) is 12.3 Å². The molecule has 98 valence electrons. The van der Waals surface area contributed by atoms with Gasteiger partial charge in [0.25, 0.3) is 0 Å². The molecule has 2 rings (SSSR count). The van der Waals surface area contributed by atoms with Crippen LogP contribution in [0.25, 0.3) is 10.7 Å². The van der Waals surface area contributed by atoms with Crippen molar-refractivity contribution in [3.63, 3.8) is 0 Å². The van der Waals surface area contributed by atoms with Gasteiger partial charge in [-0.3, -0.25) is 0 Å². The molecule has 0 fully saturated rings. The summed E-state index contributed by atoms with van der Waals surface area (Å²) < 4.78 is 0. The molecule has 0 radical (unpaired) electrons. The molecule has 18 heavy (non-hydrogen) atoms. The van der Waals surface area contributed by atoms with E-state index < -0.39 is 0 Å². The third-order valence-corrected chi connectivity index (χ3v) is 4.20. The van der Waals surface area contributed by atoms with Crippen LogP contribution in [0, 0.1) is 6.92 Å². The number of nitrogens with zero attached hydrogens (tertiary/aromatic N) is 3. The van der Waals surface area contributed by atoms with Gasteiger partial charge in [0.15, 0.2) is 5.01 Å². The van der Waals surface area contributed by atoms with Gasteiger partial charge in [0.05, 0.1) is 5.01 Å². The number of aryl methyl sites for hydroxylation is 2. The molecule has 4 nitrogen and oxygen atoms in total. The Morgan fingerprint density at radius 1 is 1.33 bits per heavy atom. The average molecular weight is 282 g/mol. The minimum absolute atomic E-state index is 0.549. The number of thiazole rings is 1. The summed E-state index contributed by atoms with van der Waals surface area (Å²) in [5, 5.41) is 17.0. The van der Waals surface area contributed by atoms with Crippen LogP contribution in [-0.2, 0) is 6.42 Å². The Labute approximate surface area is 116 Å². The fraction of sp³-hybridized carbons (Fsp3) is 0.583. The maximum absolute atomic E-state index is 4.43. The van der Waals surface area contributed by atoms with Crippen molar-refractivity contribution in [3.05, 3.63) is 15.4 Å². The second-order valence-electron chi connectivity index (χ2n) is 4.47. The molecule has 1 N–H and O–H groups in total. The first-order chi connectivity index (χ1) is 8.65. The Morgan fingerprint density at radius 2 is 2.17 bits per heavy atom. The van der Waals surface area contributed by atoms with Crippen molar-refractivity contribution in [2.24, 2.45) is 0 Å². The Kier molecular flexibility index (Phi) is 4.79. The molecule has 0 amide bonds. The lowest BCUT2D eigenvalue weighted by molar-refractivity contribution is 0.569. The van der Waals surface area contributed by atoms with E-state index in [-0.39, 0.29) is 0 Å². The highest BCUT2D eigenvalue weighted by Crippen LogP contribution is 2.25. The minimum atomic E-state index is 0.549. The van der Waals surface area contributed by atoms with Gasteiger partial charge in [0, 0.05) is 17.8 Å². The Hall–Kier alpha value is -0.850. The molecule has 2 heterocycles. The van der Waals surface area contributed by atoms with Gasteiger partial charge in [-0.2, -0.15) is 0 Å². The zero-order chi connectivity index (χ0) is 13.0. The summed E-state index contributed by atoms with van der Waals surface area (Å²) >= 11 is 3.30. The monoisotopic (exact) mass is 282 g/mol. The molecule has 0 aromatic carbocycles. The van der Waals surface area contributed by atoms with E-state index in [0.29, 0.717) is 6.04 Å². The average Bonchev–Trinajstić information content (AvgIpc) is 2.93. The van der Waals surface area contributed by atoms with Crippen LogP contribution in [-0.4, -0.2) is 27.8 Å². The first-order valence-corrected chi connectivity index (χ1v) is 7.83. The summed E-state index contributed by atoms with van der Waals surface area (Å²) in [4.78, 5) is 4.43. The maximum Gasteiger partial charge on any atom is 0.167 e. The lowest BCUT2D eigenvalue weighted by atomic mass is 10.3. The van der Waals surface area contributed by atoms with Crippen LogP contribution in [0.3, 0.4) is 0 Å². The maximum atomic E-state index is 4.43. The highest BCUT2D eigenvalue weighted by Gasteiger charge is 2.09. The van der Waals surface area contributed by atoms with Crippen molar-refractivity contribution in [2.45, 2.75) is 39.7 Å². The number of hydrogen-bond donors (Lipinski definition) is 1. The quantitative estimate of drug-likeness (QED) is 0.828. The van der Waals surface area contributed by atoms with Gasteiger partial charge in [-0.25, -0.2) is 4.98 Å². The second kappa shape index (κ2) is 6.36. The highest BCUT2D eigenvalue weighted by atomic mass is 32.1. The van der Waals surface area contributed by atoms with Gasteiger partial charge in [0.1, 0.15) is 10.7 Å². The summed E-state index contributed by atoms with van der Waals surface area (Å²) in [6, 6.07) is 0.549. The number of aromatic nitrogens is 3. The Morgan fingerprint density at radius 3 is 2.83 bits per heavy atom. The first-order valence-electron chi connectivity index (χ1n) is 6.13. The largest absolute Gasteiger partial charge is 0.315 e.